The monoisotopic (exact) mass is 351 g/mol. The van der Waals surface area contributed by atoms with Crippen LogP contribution in [0.5, 0.6) is 0 Å². The van der Waals surface area contributed by atoms with Crippen LogP contribution in [0, 0.1) is 5.92 Å². The lowest BCUT2D eigenvalue weighted by Crippen LogP contribution is -2.22. The largest absolute Gasteiger partial charge is 0.319 e. The Labute approximate surface area is 134 Å². The Bertz CT molecular complexity index is 539. The van der Waals surface area contributed by atoms with Gasteiger partial charge in [0.25, 0.3) is 0 Å². The molecule has 3 heteroatoms. The molecule has 2 aromatic rings. The lowest BCUT2D eigenvalue weighted by atomic mass is 9.92. The molecule has 0 spiro atoms. The highest BCUT2D eigenvalue weighted by molar-refractivity contribution is 9.10. The fourth-order valence-electron chi connectivity index (χ4n) is 2.46. The average Bonchev–Trinajstić information content (AvgIpc) is 2.42. The van der Waals surface area contributed by atoms with Gasteiger partial charge in [-0.2, -0.15) is 0 Å². The van der Waals surface area contributed by atoms with Crippen molar-refractivity contribution in [1.82, 2.24) is 5.32 Å². The van der Waals surface area contributed by atoms with Crippen molar-refractivity contribution in [3.05, 3.63) is 69.2 Å². The second-order valence-electron chi connectivity index (χ2n) is 5.09. The molecule has 20 heavy (non-hydrogen) atoms. The molecular weight excluding hydrogens is 334 g/mol. The van der Waals surface area contributed by atoms with Gasteiger partial charge in [-0.15, -0.1) is 0 Å². The highest BCUT2D eigenvalue weighted by Gasteiger charge is 2.10. The van der Waals surface area contributed by atoms with Crippen molar-refractivity contribution >= 4 is 27.5 Å². The van der Waals surface area contributed by atoms with Crippen molar-refractivity contribution in [3.8, 4) is 0 Å². The fourth-order valence-corrected chi connectivity index (χ4v) is 3.03. The standard InChI is InChI=1S/C17H19BrClN/c1-20-12-15(9-13-5-7-17(19)8-6-13)10-14-3-2-4-16(18)11-14/h2-8,11,15,20H,9-10,12H2,1H3. The summed E-state index contributed by atoms with van der Waals surface area (Å²) in [4.78, 5) is 0. The maximum Gasteiger partial charge on any atom is 0.0406 e. The first-order chi connectivity index (χ1) is 9.67. The smallest absolute Gasteiger partial charge is 0.0406 e. The van der Waals surface area contributed by atoms with Gasteiger partial charge in [0.15, 0.2) is 0 Å². The summed E-state index contributed by atoms with van der Waals surface area (Å²) in [6, 6.07) is 16.7. The van der Waals surface area contributed by atoms with Crippen molar-refractivity contribution in [2.24, 2.45) is 5.92 Å². The second-order valence-corrected chi connectivity index (χ2v) is 6.44. The van der Waals surface area contributed by atoms with E-state index in [0.29, 0.717) is 5.92 Å². The Morgan fingerprint density at radius 3 is 2.40 bits per heavy atom. The van der Waals surface area contributed by atoms with Crippen LogP contribution < -0.4 is 5.32 Å². The van der Waals surface area contributed by atoms with Gasteiger partial charge in [-0.25, -0.2) is 0 Å². The second kappa shape index (κ2) is 7.82. The SMILES string of the molecule is CNCC(Cc1ccc(Cl)cc1)Cc1cccc(Br)c1. The summed E-state index contributed by atoms with van der Waals surface area (Å²) in [5.74, 6) is 0.579. The number of nitrogens with one attached hydrogen (secondary N) is 1. The minimum absolute atomic E-state index is 0.579. The van der Waals surface area contributed by atoms with Gasteiger partial charge in [0, 0.05) is 9.50 Å². The molecular formula is C17H19BrClN. The summed E-state index contributed by atoms with van der Waals surface area (Å²) < 4.78 is 1.14. The van der Waals surface area contributed by atoms with Crippen LogP contribution >= 0.6 is 27.5 Å². The summed E-state index contributed by atoms with van der Waals surface area (Å²) in [6.45, 7) is 1.01. The maximum absolute atomic E-state index is 5.94. The third-order valence-corrected chi connectivity index (χ3v) is 4.09. The molecule has 2 aromatic carbocycles. The molecule has 0 heterocycles. The molecule has 0 fully saturated rings. The number of halogens is 2. The molecule has 1 nitrogen and oxygen atoms in total. The molecule has 1 unspecified atom stereocenters. The van der Waals surface area contributed by atoms with Crippen LogP contribution in [-0.4, -0.2) is 13.6 Å². The van der Waals surface area contributed by atoms with Crippen LogP contribution in [0.1, 0.15) is 11.1 Å². The lowest BCUT2D eigenvalue weighted by molar-refractivity contribution is 0.493. The highest BCUT2D eigenvalue weighted by atomic mass is 79.9. The Hall–Kier alpha value is -0.830. The molecule has 0 aromatic heterocycles. The van der Waals surface area contributed by atoms with E-state index in [2.05, 4.69) is 57.6 Å². The average molecular weight is 353 g/mol. The molecule has 2 rings (SSSR count). The summed E-state index contributed by atoms with van der Waals surface area (Å²) in [5.41, 5.74) is 2.71. The van der Waals surface area contributed by atoms with Crippen LogP contribution in [0.4, 0.5) is 0 Å². The van der Waals surface area contributed by atoms with Crippen molar-refractivity contribution in [3.63, 3.8) is 0 Å². The normalized spacial score (nSPS) is 12.3. The van der Waals surface area contributed by atoms with E-state index < -0.39 is 0 Å². The highest BCUT2D eigenvalue weighted by Crippen LogP contribution is 2.19. The molecule has 0 amide bonds. The summed E-state index contributed by atoms with van der Waals surface area (Å²) in [5, 5.41) is 4.09. The maximum atomic E-state index is 5.94. The zero-order chi connectivity index (χ0) is 14.4. The van der Waals surface area contributed by atoms with Crippen molar-refractivity contribution in [2.45, 2.75) is 12.8 Å². The first-order valence-corrected chi connectivity index (χ1v) is 7.98. The Morgan fingerprint density at radius 1 is 1.05 bits per heavy atom. The van der Waals surface area contributed by atoms with Gasteiger partial charge < -0.3 is 5.32 Å². The van der Waals surface area contributed by atoms with Crippen molar-refractivity contribution in [1.29, 1.82) is 0 Å². The van der Waals surface area contributed by atoms with Crippen molar-refractivity contribution < 1.29 is 0 Å². The zero-order valence-electron chi connectivity index (χ0n) is 11.6. The Kier molecular flexibility index (Phi) is 6.08. The van der Waals surface area contributed by atoms with Gasteiger partial charge in [-0.3, -0.25) is 0 Å². The zero-order valence-corrected chi connectivity index (χ0v) is 13.9. The number of benzene rings is 2. The van der Waals surface area contributed by atoms with E-state index in [9.17, 15) is 0 Å². The van der Waals surface area contributed by atoms with E-state index in [4.69, 9.17) is 11.6 Å². The number of rotatable bonds is 6. The molecule has 0 bridgehead atoms. The summed E-state index contributed by atoms with van der Waals surface area (Å²) in [6.07, 6.45) is 2.13. The van der Waals surface area contributed by atoms with Crippen LogP contribution in [0.2, 0.25) is 5.02 Å². The first-order valence-electron chi connectivity index (χ1n) is 6.81. The van der Waals surface area contributed by atoms with E-state index in [1.807, 2.05) is 19.2 Å². The van der Waals surface area contributed by atoms with Crippen LogP contribution in [0.3, 0.4) is 0 Å². The van der Waals surface area contributed by atoms with Crippen molar-refractivity contribution in [2.75, 3.05) is 13.6 Å². The molecule has 1 atom stereocenters. The molecule has 0 radical (unpaired) electrons. The fraction of sp³-hybridized carbons (Fsp3) is 0.294. The summed E-state index contributed by atoms with van der Waals surface area (Å²) in [7, 11) is 2.01. The molecule has 0 aliphatic heterocycles. The Morgan fingerprint density at radius 2 is 1.75 bits per heavy atom. The Balaban J connectivity index is 2.05. The van der Waals surface area contributed by atoms with Gasteiger partial charge >= 0.3 is 0 Å². The molecule has 0 aliphatic carbocycles. The van der Waals surface area contributed by atoms with Gasteiger partial charge in [0.2, 0.25) is 0 Å². The van der Waals surface area contributed by atoms with Gasteiger partial charge in [-0.1, -0.05) is 51.8 Å². The minimum atomic E-state index is 0.579. The number of hydrogen-bond donors (Lipinski definition) is 1. The van der Waals surface area contributed by atoms with E-state index in [1.165, 1.54) is 11.1 Å². The third kappa shape index (κ3) is 4.93. The van der Waals surface area contributed by atoms with Gasteiger partial charge in [-0.05, 0) is 67.7 Å². The van der Waals surface area contributed by atoms with Crippen LogP contribution in [0.15, 0.2) is 53.0 Å². The topological polar surface area (TPSA) is 12.0 Å². The molecule has 0 aliphatic rings. The number of hydrogen-bond acceptors (Lipinski definition) is 1. The van der Waals surface area contributed by atoms with E-state index in [-0.39, 0.29) is 0 Å². The predicted octanol–water partition coefficient (Wildman–Crippen LogP) is 4.72. The van der Waals surface area contributed by atoms with Gasteiger partial charge in [0.1, 0.15) is 0 Å². The molecule has 0 saturated carbocycles. The first kappa shape index (κ1) is 15.6. The van der Waals surface area contributed by atoms with E-state index >= 15 is 0 Å². The van der Waals surface area contributed by atoms with E-state index in [0.717, 1.165) is 28.9 Å². The molecule has 1 N–H and O–H groups in total. The predicted molar refractivity (Wildman–Crippen MR) is 90.4 cm³/mol. The molecule has 0 saturated heterocycles. The third-order valence-electron chi connectivity index (χ3n) is 3.34. The minimum Gasteiger partial charge on any atom is -0.319 e. The van der Waals surface area contributed by atoms with Gasteiger partial charge in [0.05, 0.1) is 0 Å². The van der Waals surface area contributed by atoms with Crippen LogP contribution in [0.25, 0.3) is 0 Å². The molecule has 106 valence electrons. The lowest BCUT2D eigenvalue weighted by Gasteiger charge is -2.17. The van der Waals surface area contributed by atoms with Crippen LogP contribution in [-0.2, 0) is 12.8 Å². The quantitative estimate of drug-likeness (QED) is 0.793. The van der Waals surface area contributed by atoms with E-state index in [1.54, 1.807) is 0 Å². The summed E-state index contributed by atoms with van der Waals surface area (Å²) >= 11 is 9.47.